The number of hydrogen-bond donors (Lipinski definition) is 1. The Labute approximate surface area is 251 Å². The third-order valence-electron chi connectivity index (χ3n) is 9.26. The topological polar surface area (TPSA) is 83.9 Å². The van der Waals surface area contributed by atoms with Gasteiger partial charge in [0.25, 0.3) is 0 Å². The summed E-state index contributed by atoms with van der Waals surface area (Å²) in [6, 6.07) is 26.3. The quantitative estimate of drug-likeness (QED) is 0.272. The van der Waals surface area contributed by atoms with Gasteiger partial charge in [0.15, 0.2) is 0 Å². The fourth-order valence-corrected chi connectivity index (χ4v) is 15.5. The summed E-state index contributed by atoms with van der Waals surface area (Å²) in [4.78, 5) is 40.9. The number of carboxylic acid groups (broad SMARTS) is 1. The molecule has 6 nitrogen and oxygen atoms in total. The minimum Gasteiger partial charge on any atom is -0.481 e. The Kier molecular flexibility index (Phi) is 9.58. The van der Waals surface area contributed by atoms with Gasteiger partial charge in [0.1, 0.15) is 6.61 Å². The van der Waals surface area contributed by atoms with Gasteiger partial charge in [0, 0.05) is 12.8 Å². The van der Waals surface area contributed by atoms with Gasteiger partial charge in [0.2, 0.25) is 5.91 Å². The Balaban J connectivity index is 1.77. The molecule has 0 saturated carbocycles. The molecular weight excluding hydrogens is 559 g/mol. The van der Waals surface area contributed by atoms with E-state index < -0.39 is 34.3 Å². The number of cyclic esters (lactones) is 1. The molecule has 3 aromatic carbocycles. The van der Waals surface area contributed by atoms with Gasteiger partial charge in [-0.1, -0.05) is 127 Å². The number of ether oxygens (including phenoxy) is 1. The van der Waals surface area contributed by atoms with Crippen molar-refractivity contribution in [2.45, 2.75) is 76.4 Å². The van der Waals surface area contributed by atoms with Crippen molar-refractivity contribution in [1.82, 2.24) is 4.90 Å². The minimum atomic E-state index is -2.48. The largest absolute Gasteiger partial charge is 0.481 e. The maximum absolute atomic E-state index is 14.2. The summed E-state index contributed by atoms with van der Waals surface area (Å²) in [5.74, 6) is -1.14. The lowest BCUT2D eigenvalue weighted by molar-refractivity contribution is -0.137. The molecule has 1 heterocycles. The molecule has 1 aliphatic heterocycles. The van der Waals surface area contributed by atoms with Crippen LogP contribution in [0.2, 0.25) is 37.3 Å². The van der Waals surface area contributed by atoms with Gasteiger partial charge in [-0.3, -0.25) is 9.59 Å². The van der Waals surface area contributed by atoms with E-state index >= 15 is 0 Å². The molecule has 2 amide bonds. The van der Waals surface area contributed by atoms with Crippen molar-refractivity contribution in [1.29, 1.82) is 0 Å². The lowest BCUT2D eigenvalue weighted by atomic mass is 10.0. The van der Waals surface area contributed by atoms with E-state index in [0.29, 0.717) is 6.42 Å². The van der Waals surface area contributed by atoms with Crippen LogP contribution in [0.1, 0.15) is 29.5 Å². The van der Waals surface area contributed by atoms with Gasteiger partial charge in [-0.05, 0) is 36.9 Å². The highest BCUT2D eigenvalue weighted by molar-refractivity contribution is 6.96. The van der Waals surface area contributed by atoms with Crippen LogP contribution in [0.5, 0.6) is 0 Å². The third kappa shape index (κ3) is 6.93. The summed E-state index contributed by atoms with van der Waals surface area (Å²) in [7, 11) is -4.92. The summed E-state index contributed by atoms with van der Waals surface area (Å²) in [5, 5.41) is 12.6. The number of carbonyl (C=O) groups excluding carboxylic acids is 2. The second kappa shape index (κ2) is 12.8. The Morgan fingerprint density at radius 3 is 1.76 bits per heavy atom. The first-order valence-electron chi connectivity index (χ1n) is 14.7. The van der Waals surface area contributed by atoms with Crippen molar-refractivity contribution in [3.8, 4) is 0 Å². The molecule has 0 bridgehead atoms. The molecule has 0 unspecified atom stereocenters. The van der Waals surface area contributed by atoms with Crippen LogP contribution >= 0.6 is 0 Å². The molecule has 0 aliphatic carbocycles. The summed E-state index contributed by atoms with van der Waals surface area (Å²) in [6.07, 6.45) is -0.0117. The van der Waals surface area contributed by atoms with Gasteiger partial charge in [-0.2, -0.15) is 0 Å². The van der Waals surface area contributed by atoms with E-state index in [0.717, 1.165) is 16.7 Å². The number of imide groups is 1. The third-order valence-corrected chi connectivity index (χ3v) is 18.2. The first-order valence-corrected chi connectivity index (χ1v) is 20.8. The van der Waals surface area contributed by atoms with Gasteiger partial charge >= 0.3 is 12.1 Å². The number of aryl methyl sites for hydroxylation is 2. The van der Waals surface area contributed by atoms with Gasteiger partial charge < -0.3 is 9.84 Å². The first kappa shape index (κ1) is 31.4. The van der Waals surface area contributed by atoms with E-state index in [9.17, 15) is 19.5 Å². The van der Waals surface area contributed by atoms with E-state index in [1.54, 1.807) is 0 Å². The molecule has 3 aromatic rings. The second-order valence-electron chi connectivity index (χ2n) is 12.9. The van der Waals surface area contributed by atoms with Crippen LogP contribution in [0, 0.1) is 13.8 Å². The molecule has 1 aliphatic rings. The summed E-state index contributed by atoms with van der Waals surface area (Å²) < 4.78 is 5.40. The Morgan fingerprint density at radius 2 is 1.29 bits per heavy atom. The van der Waals surface area contributed by atoms with Crippen LogP contribution in [0.3, 0.4) is 0 Å². The molecule has 1 saturated heterocycles. The number of nitrogens with zero attached hydrogens (tertiary/aromatic N) is 1. The normalized spacial score (nSPS) is 17.0. The molecule has 42 heavy (non-hydrogen) atoms. The molecule has 222 valence electrons. The Hall–Kier alpha value is -3.50. The van der Waals surface area contributed by atoms with E-state index in [4.69, 9.17) is 4.74 Å². The van der Waals surface area contributed by atoms with Gasteiger partial charge in [0.05, 0.1) is 22.2 Å². The molecule has 0 spiro atoms. The van der Waals surface area contributed by atoms with Crippen molar-refractivity contribution < 1.29 is 24.2 Å². The SMILES string of the molecule is Cc1ccc([Si](C)(C)[C@H](CC(=O)N2C(=O)OC[C@@H]2Cc2ccccc2)[C@H](CC(=O)O)[Si](C)(C)c2ccc(C)cc2)cc1. The highest BCUT2D eigenvalue weighted by atomic mass is 28.3. The van der Waals surface area contributed by atoms with Gasteiger partial charge in [-0.15, -0.1) is 0 Å². The molecule has 8 heteroatoms. The van der Waals surface area contributed by atoms with Crippen molar-refractivity contribution >= 4 is 44.5 Å². The predicted molar refractivity (Wildman–Crippen MR) is 173 cm³/mol. The maximum atomic E-state index is 14.2. The highest BCUT2D eigenvalue weighted by Gasteiger charge is 2.50. The van der Waals surface area contributed by atoms with Crippen LogP contribution in [0.25, 0.3) is 0 Å². The zero-order chi connectivity index (χ0) is 30.7. The standard InChI is InChI=1S/C34H43NO5Si2/c1-24-12-16-28(17-13-24)41(3,4)30(31(22-33(37)38)42(5,6)29-18-14-25(2)15-19-29)21-32(36)35-27(23-40-34(35)39)20-26-10-8-7-9-11-26/h7-19,27,30-31H,20-23H2,1-6H3,(H,37,38)/t27-,30+,31-/m0/s1. The fourth-order valence-electron chi connectivity index (χ4n) is 6.47. The molecule has 3 atom stereocenters. The number of aliphatic carboxylic acids is 1. The van der Waals surface area contributed by atoms with Crippen LogP contribution in [-0.4, -0.2) is 56.8 Å². The number of benzene rings is 3. The molecule has 1 fully saturated rings. The predicted octanol–water partition coefficient (Wildman–Crippen LogP) is 6.03. The smallest absolute Gasteiger partial charge is 0.416 e. The fraction of sp³-hybridized carbons (Fsp3) is 0.382. The zero-order valence-corrected chi connectivity index (χ0v) is 27.6. The van der Waals surface area contributed by atoms with Crippen molar-refractivity contribution in [3.05, 3.63) is 95.6 Å². The molecule has 0 radical (unpaired) electrons. The van der Waals surface area contributed by atoms with E-state index in [1.165, 1.54) is 15.3 Å². The Morgan fingerprint density at radius 1 is 0.810 bits per heavy atom. The van der Waals surface area contributed by atoms with E-state index in [-0.39, 0.29) is 36.4 Å². The average Bonchev–Trinajstić information content (AvgIpc) is 3.30. The van der Waals surface area contributed by atoms with Crippen molar-refractivity contribution in [2.75, 3.05) is 6.61 Å². The zero-order valence-electron chi connectivity index (χ0n) is 25.6. The molecule has 1 N–H and O–H groups in total. The highest BCUT2D eigenvalue weighted by Crippen LogP contribution is 2.46. The average molecular weight is 602 g/mol. The maximum Gasteiger partial charge on any atom is 0.416 e. The second-order valence-corrected chi connectivity index (χ2v) is 22.4. The number of carbonyl (C=O) groups is 3. The van der Waals surface area contributed by atoms with E-state index in [2.05, 4.69) is 74.7 Å². The molecule has 4 rings (SSSR count). The lowest BCUT2D eigenvalue weighted by Gasteiger charge is -2.45. The van der Waals surface area contributed by atoms with E-state index in [1.807, 2.05) is 44.2 Å². The van der Waals surface area contributed by atoms with Gasteiger partial charge in [-0.25, -0.2) is 9.69 Å². The summed E-state index contributed by atoms with van der Waals surface area (Å²) in [6.45, 7) is 13.2. The summed E-state index contributed by atoms with van der Waals surface area (Å²) in [5.41, 5.74) is 2.89. The first-order chi connectivity index (χ1) is 19.8. The lowest BCUT2D eigenvalue weighted by Crippen LogP contribution is -2.57. The van der Waals surface area contributed by atoms with Crippen LogP contribution < -0.4 is 10.4 Å². The van der Waals surface area contributed by atoms with Crippen LogP contribution in [0.4, 0.5) is 4.79 Å². The monoisotopic (exact) mass is 601 g/mol. The van der Waals surface area contributed by atoms with Crippen molar-refractivity contribution in [3.63, 3.8) is 0 Å². The van der Waals surface area contributed by atoms with Crippen LogP contribution in [-0.2, 0) is 20.7 Å². The molecule has 0 aromatic heterocycles. The summed E-state index contributed by atoms with van der Waals surface area (Å²) >= 11 is 0. The number of rotatable bonds is 11. The Bertz CT molecular complexity index is 1400. The van der Waals surface area contributed by atoms with Crippen molar-refractivity contribution in [2.24, 2.45) is 0 Å². The van der Waals surface area contributed by atoms with Crippen LogP contribution in [0.15, 0.2) is 78.9 Å². The number of carboxylic acids is 1. The molecular formula is C34H43NO5Si2. The number of hydrogen-bond acceptors (Lipinski definition) is 4. The number of amides is 2. The minimum absolute atomic E-state index is 0.0226.